The van der Waals surface area contributed by atoms with Crippen LogP contribution in [-0.2, 0) is 11.3 Å². The highest BCUT2D eigenvalue weighted by molar-refractivity contribution is 5.89. The van der Waals surface area contributed by atoms with E-state index in [2.05, 4.69) is 31.5 Å². The van der Waals surface area contributed by atoms with Crippen molar-refractivity contribution in [2.45, 2.75) is 25.8 Å². The van der Waals surface area contributed by atoms with Crippen LogP contribution in [0.25, 0.3) is 0 Å². The fourth-order valence-electron chi connectivity index (χ4n) is 3.91. The summed E-state index contributed by atoms with van der Waals surface area (Å²) in [7, 11) is 0. The molecule has 0 spiro atoms. The zero-order chi connectivity index (χ0) is 19.9. The van der Waals surface area contributed by atoms with Crippen molar-refractivity contribution in [3.8, 4) is 0 Å². The lowest BCUT2D eigenvalue weighted by molar-refractivity contribution is 0.122. The predicted molar refractivity (Wildman–Crippen MR) is 116 cm³/mol. The maximum atomic E-state index is 12.5. The summed E-state index contributed by atoms with van der Waals surface area (Å²) < 4.78 is 5.43. The van der Waals surface area contributed by atoms with Gasteiger partial charge in [0.15, 0.2) is 0 Å². The highest BCUT2D eigenvalue weighted by Crippen LogP contribution is 2.23. The zero-order valence-corrected chi connectivity index (χ0v) is 16.8. The molecule has 1 aromatic carbocycles. The average molecular weight is 396 g/mol. The number of morpholine rings is 1. The Hall–Kier alpha value is -2.80. The number of pyridine rings is 1. The van der Waals surface area contributed by atoms with Gasteiger partial charge >= 0.3 is 6.03 Å². The summed E-state index contributed by atoms with van der Waals surface area (Å²) in [5.74, 6) is 0.920. The maximum Gasteiger partial charge on any atom is 0.319 e. The zero-order valence-electron chi connectivity index (χ0n) is 16.8. The number of carbonyl (C=O) groups is 1. The smallest absolute Gasteiger partial charge is 0.319 e. The second kappa shape index (κ2) is 9.60. The predicted octanol–water partition coefficient (Wildman–Crippen LogP) is 3.23. The van der Waals surface area contributed by atoms with Gasteiger partial charge in [0.1, 0.15) is 5.82 Å². The quantitative estimate of drug-likeness (QED) is 0.813. The normalized spacial score (nSPS) is 17.1. The summed E-state index contributed by atoms with van der Waals surface area (Å²) >= 11 is 0. The van der Waals surface area contributed by atoms with Gasteiger partial charge in [0, 0.05) is 55.9 Å². The molecule has 1 aromatic heterocycles. The van der Waals surface area contributed by atoms with Gasteiger partial charge in [0.05, 0.1) is 13.2 Å². The number of anilines is 3. The minimum atomic E-state index is -0.211. The standard InChI is InChI=1S/C22H29N5O2/c28-22(25-19-7-4-8-20(16-19)26-10-2-1-3-11-26)24-17-18-6-5-9-23-21(18)27-12-14-29-15-13-27/h4-9,16H,1-3,10-15,17H2,(H2,24,25,28). The first-order valence-corrected chi connectivity index (χ1v) is 10.5. The Balaban J connectivity index is 1.35. The Morgan fingerprint density at radius 3 is 2.66 bits per heavy atom. The van der Waals surface area contributed by atoms with Gasteiger partial charge in [-0.3, -0.25) is 0 Å². The lowest BCUT2D eigenvalue weighted by Crippen LogP contribution is -2.38. The number of nitrogens with one attached hydrogen (secondary N) is 2. The van der Waals surface area contributed by atoms with Gasteiger partial charge in [-0.2, -0.15) is 0 Å². The van der Waals surface area contributed by atoms with E-state index in [9.17, 15) is 4.79 Å². The number of amides is 2. The number of hydrogen-bond acceptors (Lipinski definition) is 5. The van der Waals surface area contributed by atoms with E-state index in [0.717, 1.165) is 43.2 Å². The number of piperidine rings is 1. The first kappa shape index (κ1) is 19.5. The number of urea groups is 1. The van der Waals surface area contributed by atoms with Crippen LogP contribution in [0.15, 0.2) is 42.6 Å². The third kappa shape index (κ3) is 5.17. The van der Waals surface area contributed by atoms with Crippen LogP contribution in [0.5, 0.6) is 0 Å². The molecule has 0 unspecified atom stereocenters. The number of carbonyl (C=O) groups excluding carboxylic acids is 1. The van der Waals surface area contributed by atoms with Crippen molar-refractivity contribution in [3.63, 3.8) is 0 Å². The SMILES string of the molecule is O=C(NCc1cccnc1N1CCOCC1)Nc1cccc(N2CCCCC2)c1. The Bertz CT molecular complexity index is 816. The van der Waals surface area contributed by atoms with Crippen molar-refractivity contribution in [3.05, 3.63) is 48.2 Å². The molecule has 2 aliphatic rings. The van der Waals surface area contributed by atoms with Crippen LogP contribution >= 0.6 is 0 Å². The summed E-state index contributed by atoms with van der Waals surface area (Å²) in [5, 5.41) is 5.92. The summed E-state index contributed by atoms with van der Waals surface area (Å²) in [6, 6.07) is 11.8. The van der Waals surface area contributed by atoms with E-state index in [1.807, 2.05) is 30.3 Å². The molecule has 2 aromatic rings. The fourth-order valence-corrected chi connectivity index (χ4v) is 3.91. The molecule has 154 valence electrons. The molecule has 29 heavy (non-hydrogen) atoms. The molecule has 0 radical (unpaired) electrons. The number of ether oxygens (including phenoxy) is 1. The molecule has 7 nitrogen and oxygen atoms in total. The Labute approximate surface area is 172 Å². The molecule has 3 heterocycles. The molecular weight excluding hydrogens is 366 g/mol. The Morgan fingerprint density at radius 1 is 1.00 bits per heavy atom. The van der Waals surface area contributed by atoms with Gasteiger partial charge in [-0.1, -0.05) is 12.1 Å². The monoisotopic (exact) mass is 395 g/mol. The highest BCUT2D eigenvalue weighted by atomic mass is 16.5. The summed E-state index contributed by atoms with van der Waals surface area (Å²) in [5.41, 5.74) is 2.99. The first-order chi connectivity index (χ1) is 14.3. The lowest BCUT2D eigenvalue weighted by atomic mass is 10.1. The van der Waals surface area contributed by atoms with E-state index >= 15 is 0 Å². The molecule has 2 amide bonds. The maximum absolute atomic E-state index is 12.5. The number of hydrogen-bond donors (Lipinski definition) is 2. The van der Waals surface area contributed by atoms with E-state index in [1.54, 1.807) is 6.20 Å². The molecule has 0 saturated carbocycles. The largest absolute Gasteiger partial charge is 0.378 e. The molecule has 2 N–H and O–H groups in total. The van der Waals surface area contributed by atoms with Crippen molar-refractivity contribution in [2.75, 3.05) is 54.5 Å². The van der Waals surface area contributed by atoms with Crippen LogP contribution in [0.1, 0.15) is 24.8 Å². The summed E-state index contributed by atoms with van der Waals surface area (Å²) in [6.07, 6.45) is 5.56. The van der Waals surface area contributed by atoms with Crippen molar-refractivity contribution in [1.29, 1.82) is 0 Å². The lowest BCUT2D eigenvalue weighted by Gasteiger charge is -2.29. The molecule has 2 fully saturated rings. The van der Waals surface area contributed by atoms with Crippen molar-refractivity contribution in [2.24, 2.45) is 0 Å². The van der Waals surface area contributed by atoms with E-state index in [1.165, 1.54) is 24.9 Å². The van der Waals surface area contributed by atoms with Gasteiger partial charge in [-0.15, -0.1) is 0 Å². The van der Waals surface area contributed by atoms with Crippen LogP contribution in [0, 0.1) is 0 Å². The number of nitrogens with zero attached hydrogens (tertiary/aromatic N) is 3. The first-order valence-electron chi connectivity index (χ1n) is 10.5. The van der Waals surface area contributed by atoms with Gasteiger partial charge in [-0.25, -0.2) is 9.78 Å². The summed E-state index contributed by atoms with van der Waals surface area (Å²) in [4.78, 5) is 21.6. The van der Waals surface area contributed by atoms with Crippen molar-refractivity contribution >= 4 is 23.2 Å². The van der Waals surface area contributed by atoms with Crippen molar-refractivity contribution in [1.82, 2.24) is 10.3 Å². The molecule has 0 bridgehead atoms. The minimum absolute atomic E-state index is 0.211. The van der Waals surface area contributed by atoms with Crippen LogP contribution in [-0.4, -0.2) is 50.4 Å². The number of aromatic nitrogens is 1. The van der Waals surface area contributed by atoms with E-state index < -0.39 is 0 Å². The Kier molecular flexibility index (Phi) is 6.46. The number of rotatable bonds is 5. The van der Waals surface area contributed by atoms with Gasteiger partial charge in [0.25, 0.3) is 0 Å². The Morgan fingerprint density at radius 2 is 1.83 bits per heavy atom. The van der Waals surface area contributed by atoms with Crippen LogP contribution in [0.3, 0.4) is 0 Å². The second-order valence-corrected chi connectivity index (χ2v) is 7.49. The third-order valence-corrected chi connectivity index (χ3v) is 5.44. The fraction of sp³-hybridized carbons (Fsp3) is 0.455. The van der Waals surface area contributed by atoms with Gasteiger partial charge in [-0.05, 0) is 43.5 Å². The highest BCUT2D eigenvalue weighted by Gasteiger charge is 2.16. The average Bonchev–Trinajstić information content (AvgIpc) is 2.79. The van der Waals surface area contributed by atoms with E-state index in [0.29, 0.717) is 19.8 Å². The number of benzene rings is 1. The van der Waals surface area contributed by atoms with Crippen LogP contribution < -0.4 is 20.4 Å². The molecule has 7 heteroatoms. The molecule has 0 atom stereocenters. The molecule has 0 aliphatic carbocycles. The molecule has 2 saturated heterocycles. The third-order valence-electron chi connectivity index (χ3n) is 5.44. The van der Waals surface area contributed by atoms with Gasteiger partial charge in [0.2, 0.25) is 0 Å². The molecule has 4 rings (SSSR count). The second-order valence-electron chi connectivity index (χ2n) is 7.49. The van der Waals surface area contributed by atoms with Gasteiger partial charge < -0.3 is 25.2 Å². The van der Waals surface area contributed by atoms with E-state index in [-0.39, 0.29) is 6.03 Å². The van der Waals surface area contributed by atoms with Crippen molar-refractivity contribution < 1.29 is 9.53 Å². The minimum Gasteiger partial charge on any atom is -0.378 e. The molecule has 2 aliphatic heterocycles. The van der Waals surface area contributed by atoms with Crippen LogP contribution in [0.4, 0.5) is 22.0 Å². The molecular formula is C22H29N5O2. The van der Waals surface area contributed by atoms with E-state index in [4.69, 9.17) is 4.74 Å². The topological polar surface area (TPSA) is 69.7 Å². The summed E-state index contributed by atoms with van der Waals surface area (Å²) in [6.45, 7) is 5.65. The van der Waals surface area contributed by atoms with Crippen LogP contribution in [0.2, 0.25) is 0 Å².